The minimum absolute atomic E-state index is 0.0393. The molecule has 0 unspecified atom stereocenters. The first kappa shape index (κ1) is 10.6. The van der Waals surface area contributed by atoms with Crippen molar-refractivity contribution < 1.29 is 4.79 Å². The van der Waals surface area contributed by atoms with Gasteiger partial charge in [-0.1, -0.05) is 24.3 Å². The Labute approximate surface area is 94.7 Å². The van der Waals surface area contributed by atoms with Crippen LogP contribution in [0.1, 0.15) is 28.5 Å². The number of carbonyl (C=O) groups excluding carboxylic acids is 1. The molecule has 0 N–H and O–H groups in total. The molecule has 2 aromatic rings. The number of aromatic nitrogens is 2. The molecule has 0 radical (unpaired) electrons. The van der Waals surface area contributed by atoms with Crippen LogP contribution in [-0.2, 0) is 6.54 Å². The smallest absolute Gasteiger partial charge is 0.211 e. The maximum Gasteiger partial charge on any atom is 0.211 e. The third-order valence-corrected chi connectivity index (χ3v) is 2.64. The van der Waals surface area contributed by atoms with Gasteiger partial charge < -0.3 is 0 Å². The lowest BCUT2D eigenvalue weighted by Gasteiger charge is -2.06. The van der Waals surface area contributed by atoms with Gasteiger partial charge in [0.2, 0.25) is 5.78 Å². The minimum Gasteiger partial charge on any atom is -0.287 e. The van der Waals surface area contributed by atoms with Crippen molar-refractivity contribution >= 4 is 5.78 Å². The lowest BCUT2D eigenvalue weighted by molar-refractivity contribution is 0.102. The number of hydrogen-bond donors (Lipinski definition) is 0. The molecule has 0 aliphatic rings. The summed E-state index contributed by atoms with van der Waals surface area (Å²) in [6.07, 6.45) is 1.66. The van der Waals surface area contributed by atoms with Crippen molar-refractivity contribution in [3.05, 3.63) is 53.3 Å². The van der Waals surface area contributed by atoms with E-state index in [2.05, 4.69) is 5.10 Å². The molecular formula is C13H14N2O. The van der Waals surface area contributed by atoms with Crippen LogP contribution >= 0.6 is 0 Å². The van der Waals surface area contributed by atoms with Crippen LogP contribution in [0.2, 0.25) is 0 Å². The van der Waals surface area contributed by atoms with Gasteiger partial charge in [0, 0.05) is 18.3 Å². The van der Waals surface area contributed by atoms with E-state index in [0.29, 0.717) is 12.2 Å². The van der Waals surface area contributed by atoms with E-state index in [4.69, 9.17) is 0 Å². The Morgan fingerprint density at radius 1 is 1.31 bits per heavy atom. The summed E-state index contributed by atoms with van der Waals surface area (Å²) in [5.41, 5.74) is 2.39. The molecule has 0 spiro atoms. The van der Waals surface area contributed by atoms with E-state index in [9.17, 15) is 4.79 Å². The highest BCUT2D eigenvalue weighted by Crippen LogP contribution is 2.13. The molecule has 3 heteroatoms. The van der Waals surface area contributed by atoms with Crippen molar-refractivity contribution in [2.45, 2.75) is 20.4 Å². The van der Waals surface area contributed by atoms with Crippen LogP contribution in [0.3, 0.4) is 0 Å². The Morgan fingerprint density at radius 2 is 2.06 bits per heavy atom. The van der Waals surface area contributed by atoms with E-state index in [1.165, 1.54) is 0 Å². The third-order valence-electron chi connectivity index (χ3n) is 2.64. The molecule has 1 aromatic carbocycles. The van der Waals surface area contributed by atoms with Crippen LogP contribution in [-0.4, -0.2) is 15.6 Å². The molecule has 2 rings (SSSR count). The second-order valence-corrected chi connectivity index (χ2v) is 3.68. The Morgan fingerprint density at radius 3 is 2.75 bits per heavy atom. The molecule has 3 nitrogen and oxygen atoms in total. The molecule has 1 aromatic heterocycles. The van der Waals surface area contributed by atoms with Gasteiger partial charge in [0.1, 0.15) is 5.69 Å². The highest BCUT2D eigenvalue weighted by Gasteiger charge is 2.14. The number of benzene rings is 1. The molecule has 0 saturated heterocycles. The van der Waals surface area contributed by atoms with E-state index >= 15 is 0 Å². The van der Waals surface area contributed by atoms with Gasteiger partial charge in [-0.05, 0) is 25.5 Å². The lowest BCUT2D eigenvalue weighted by Crippen LogP contribution is -2.11. The minimum atomic E-state index is 0.0393. The summed E-state index contributed by atoms with van der Waals surface area (Å²) in [6.45, 7) is 4.63. The number of nitrogens with zero attached hydrogens (tertiary/aromatic N) is 2. The number of hydrogen-bond acceptors (Lipinski definition) is 2. The highest BCUT2D eigenvalue weighted by molar-refractivity contribution is 6.08. The largest absolute Gasteiger partial charge is 0.287 e. The van der Waals surface area contributed by atoms with Gasteiger partial charge in [-0.25, -0.2) is 0 Å². The first-order valence-electron chi connectivity index (χ1n) is 5.36. The van der Waals surface area contributed by atoms with Crippen LogP contribution in [0.4, 0.5) is 0 Å². The van der Waals surface area contributed by atoms with Gasteiger partial charge in [0.25, 0.3) is 0 Å². The van der Waals surface area contributed by atoms with E-state index < -0.39 is 0 Å². The summed E-state index contributed by atoms with van der Waals surface area (Å²) >= 11 is 0. The molecule has 0 atom stereocenters. The molecule has 0 amide bonds. The van der Waals surface area contributed by atoms with Crippen molar-refractivity contribution in [2.24, 2.45) is 0 Å². The van der Waals surface area contributed by atoms with Crippen molar-refractivity contribution in [3.8, 4) is 0 Å². The van der Waals surface area contributed by atoms with E-state index in [0.717, 1.165) is 11.1 Å². The van der Waals surface area contributed by atoms with Crippen LogP contribution in [0, 0.1) is 6.92 Å². The van der Waals surface area contributed by atoms with Crippen molar-refractivity contribution in [1.82, 2.24) is 9.78 Å². The van der Waals surface area contributed by atoms with Gasteiger partial charge in [0.05, 0.1) is 0 Å². The predicted molar refractivity (Wildman–Crippen MR) is 62.5 cm³/mol. The van der Waals surface area contributed by atoms with Gasteiger partial charge in [-0.3, -0.25) is 9.48 Å². The summed E-state index contributed by atoms with van der Waals surface area (Å²) in [7, 11) is 0. The second-order valence-electron chi connectivity index (χ2n) is 3.68. The van der Waals surface area contributed by atoms with Gasteiger partial charge in [-0.2, -0.15) is 5.10 Å². The normalized spacial score (nSPS) is 10.4. The van der Waals surface area contributed by atoms with E-state index in [1.54, 1.807) is 16.9 Å². The fraction of sp³-hybridized carbons (Fsp3) is 0.231. The van der Waals surface area contributed by atoms with Gasteiger partial charge >= 0.3 is 0 Å². The standard InChI is InChI=1S/C13H14N2O/c1-3-15-12(8-9-14-15)13(16)11-7-5-4-6-10(11)2/h4-9H,3H2,1-2H3. The quantitative estimate of drug-likeness (QED) is 0.735. The Kier molecular flexibility index (Phi) is 2.86. The maximum absolute atomic E-state index is 12.2. The molecule has 0 aliphatic carbocycles. The number of aryl methyl sites for hydroxylation is 2. The van der Waals surface area contributed by atoms with Gasteiger partial charge in [0.15, 0.2) is 0 Å². The average Bonchev–Trinajstić information content (AvgIpc) is 2.77. The Hall–Kier alpha value is -1.90. The fourth-order valence-corrected chi connectivity index (χ4v) is 1.74. The first-order chi connectivity index (χ1) is 7.74. The Balaban J connectivity index is 2.44. The zero-order valence-electron chi connectivity index (χ0n) is 9.47. The molecule has 16 heavy (non-hydrogen) atoms. The van der Waals surface area contributed by atoms with E-state index in [-0.39, 0.29) is 5.78 Å². The summed E-state index contributed by atoms with van der Waals surface area (Å²) in [5.74, 6) is 0.0393. The number of carbonyl (C=O) groups is 1. The summed E-state index contributed by atoms with van der Waals surface area (Å²) < 4.78 is 1.72. The molecule has 0 bridgehead atoms. The zero-order chi connectivity index (χ0) is 11.5. The fourth-order valence-electron chi connectivity index (χ4n) is 1.74. The van der Waals surface area contributed by atoms with E-state index in [1.807, 2.05) is 38.1 Å². The zero-order valence-corrected chi connectivity index (χ0v) is 9.47. The summed E-state index contributed by atoms with van der Waals surface area (Å²) in [6, 6.07) is 9.37. The summed E-state index contributed by atoms with van der Waals surface area (Å²) in [5, 5.41) is 4.11. The average molecular weight is 214 g/mol. The van der Waals surface area contributed by atoms with Crippen molar-refractivity contribution in [2.75, 3.05) is 0 Å². The second kappa shape index (κ2) is 4.31. The molecule has 0 fully saturated rings. The topological polar surface area (TPSA) is 34.9 Å². The van der Waals surface area contributed by atoms with Gasteiger partial charge in [-0.15, -0.1) is 0 Å². The maximum atomic E-state index is 12.2. The molecular weight excluding hydrogens is 200 g/mol. The van der Waals surface area contributed by atoms with Crippen LogP contribution in [0.5, 0.6) is 0 Å². The molecule has 0 saturated carbocycles. The number of rotatable bonds is 3. The Bertz CT molecular complexity index is 514. The monoisotopic (exact) mass is 214 g/mol. The predicted octanol–water partition coefficient (Wildman–Crippen LogP) is 2.44. The summed E-state index contributed by atoms with van der Waals surface area (Å²) in [4.78, 5) is 12.2. The molecule has 82 valence electrons. The van der Waals surface area contributed by atoms with Crippen LogP contribution < -0.4 is 0 Å². The molecule has 0 aliphatic heterocycles. The van der Waals surface area contributed by atoms with Crippen LogP contribution in [0.15, 0.2) is 36.5 Å². The lowest BCUT2D eigenvalue weighted by atomic mass is 10.0. The third kappa shape index (κ3) is 1.76. The van der Waals surface area contributed by atoms with Crippen LogP contribution in [0.25, 0.3) is 0 Å². The number of ketones is 1. The molecule has 1 heterocycles. The SMILES string of the molecule is CCn1nccc1C(=O)c1ccccc1C. The van der Waals surface area contributed by atoms with Crippen molar-refractivity contribution in [3.63, 3.8) is 0 Å². The van der Waals surface area contributed by atoms with Crippen molar-refractivity contribution in [1.29, 1.82) is 0 Å². The highest BCUT2D eigenvalue weighted by atomic mass is 16.1. The first-order valence-corrected chi connectivity index (χ1v) is 5.36.